The minimum atomic E-state index is -0.0668. The van der Waals surface area contributed by atoms with E-state index in [1.54, 1.807) is 11.6 Å². The van der Waals surface area contributed by atoms with Crippen LogP contribution < -0.4 is 4.74 Å². The number of para-hydroxylation sites is 1. The highest BCUT2D eigenvalue weighted by Gasteiger charge is 2.24. The molecule has 0 unspecified atom stereocenters. The lowest BCUT2D eigenvalue weighted by molar-refractivity contribution is 0.416. The van der Waals surface area contributed by atoms with Gasteiger partial charge in [0.1, 0.15) is 22.5 Å². The Bertz CT molecular complexity index is 880. The summed E-state index contributed by atoms with van der Waals surface area (Å²) in [5.74, 6) is 0.695. The van der Waals surface area contributed by atoms with Gasteiger partial charge in [0.25, 0.3) is 0 Å². The molecule has 0 saturated carbocycles. The minimum absolute atomic E-state index is 0.0668. The zero-order valence-electron chi connectivity index (χ0n) is 12.9. The first-order valence-electron chi connectivity index (χ1n) is 6.89. The van der Waals surface area contributed by atoms with Crippen LogP contribution in [0.2, 0.25) is 0 Å². The SMILES string of the molecule is COc1ccccc1-c1nc2sc(C(C)(C)C)nn2c1C#N. The first-order valence-corrected chi connectivity index (χ1v) is 7.71. The number of rotatable bonds is 2. The number of hydrogen-bond acceptors (Lipinski definition) is 5. The van der Waals surface area contributed by atoms with Crippen LogP contribution in [0.15, 0.2) is 24.3 Å². The first kappa shape index (κ1) is 14.5. The van der Waals surface area contributed by atoms with Crippen LogP contribution in [0.4, 0.5) is 0 Å². The van der Waals surface area contributed by atoms with Crippen molar-refractivity contribution in [3.63, 3.8) is 0 Å². The highest BCUT2D eigenvalue weighted by atomic mass is 32.1. The van der Waals surface area contributed by atoms with Crippen LogP contribution in [0.25, 0.3) is 16.2 Å². The number of hydrogen-bond donors (Lipinski definition) is 0. The Morgan fingerprint density at radius 2 is 2.00 bits per heavy atom. The molecule has 0 N–H and O–H groups in total. The predicted molar refractivity (Wildman–Crippen MR) is 86.3 cm³/mol. The molecular formula is C16H16N4OS. The van der Waals surface area contributed by atoms with Gasteiger partial charge in [-0.05, 0) is 12.1 Å². The molecule has 5 nitrogen and oxygen atoms in total. The Hall–Kier alpha value is -2.39. The van der Waals surface area contributed by atoms with Gasteiger partial charge in [0.05, 0.1) is 7.11 Å². The average molecular weight is 312 g/mol. The summed E-state index contributed by atoms with van der Waals surface area (Å²) in [4.78, 5) is 5.34. The van der Waals surface area contributed by atoms with Gasteiger partial charge in [0.2, 0.25) is 4.96 Å². The molecule has 3 aromatic rings. The van der Waals surface area contributed by atoms with Crippen molar-refractivity contribution in [1.29, 1.82) is 5.26 Å². The summed E-state index contributed by atoms with van der Waals surface area (Å²) in [6.45, 7) is 6.29. The molecule has 22 heavy (non-hydrogen) atoms. The fourth-order valence-corrected chi connectivity index (χ4v) is 3.14. The fraction of sp³-hybridized carbons (Fsp3) is 0.312. The molecule has 0 aliphatic rings. The van der Waals surface area contributed by atoms with Gasteiger partial charge in [-0.3, -0.25) is 0 Å². The van der Waals surface area contributed by atoms with Gasteiger partial charge in [0, 0.05) is 11.0 Å². The number of nitriles is 1. The minimum Gasteiger partial charge on any atom is -0.496 e. The van der Waals surface area contributed by atoms with Gasteiger partial charge in [-0.15, -0.1) is 0 Å². The summed E-state index contributed by atoms with van der Waals surface area (Å²) in [7, 11) is 1.61. The lowest BCUT2D eigenvalue weighted by atomic mass is 9.98. The number of methoxy groups -OCH3 is 1. The molecule has 0 bridgehead atoms. The summed E-state index contributed by atoms with van der Waals surface area (Å²) in [6, 6.07) is 9.78. The van der Waals surface area contributed by atoms with Gasteiger partial charge in [-0.2, -0.15) is 14.9 Å². The van der Waals surface area contributed by atoms with Gasteiger partial charge in [0.15, 0.2) is 5.69 Å². The molecule has 1 aromatic carbocycles. The molecule has 0 spiro atoms. The van der Waals surface area contributed by atoms with Gasteiger partial charge in [-0.25, -0.2) is 4.98 Å². The molecule has 0 radical (unpaired) electrons. The van der Waals surface area contributed by atoms with Gasteiger partial charge in [-0.1, -0.05) is 44.2 Å². The number of ether oxygens (including phenoxy) is 1. The summed E-state index contributed by atoms with van der Waals surface area (Å²) in [6.07, 6.45) is 0. The molecule has 0 amide bonds. The standard InChI is InChI=1S/C16H16N4OS/c1-16(2,3)14-19-20-11(9-17)13(18-15(20)22-14)10-7-5-6-8-12(10)21-4/h5-8H,1-4H3. The highest BCUT2D eigenvalue weighted by Crippen LogP contribution is 2.34. The summed E-state index contributed by atoms with van der Waals surface area (Å²) in [5.41, 5.74) is 1.78. The van der Waals surface area contributed by atoms with E-state index in [0.717, 1.165) is 15.5 Å². The van der Waals surface area contributed by atoms with Crippen molar-refractivity contribution in [2.24, 2.45) is 0 Å². The molecule has 6 heteroatoms. The van der Waals surface area contributed by atoms with E-state index in [-0.39, 0.29) is 5.41 Å². The normalized spacial score (nSPS) is 11.6. The average Bonchev–Trinajstić information content (AvgIpc) is 3.03. The van der Waals surface area contributed by atoms with Crippen molar-refractivity contribution in [3.8, 4) is 23.1 Å². The van der Waals surface area contributed by atoms with Crippen LogP contribution in [0.1, 0.15) is 31.5 Å². The number of fused-ring (bicyclic) bond motifs is 1. The molecule has 0 fully saturated rings. The molecule has 0 atom stereocenters. The number of nitrogens with zero attached hydrogens (tertiary/aromatic N) is 4. The summed E-state index contributed by atoms with van der Waals surface area (Å²) in [5, 5.41) is 15.1. The van der Waals surface area contributed by atoms with Crippen LogP contribution in [-0.4, -0.2) is 21.7 Å². The third-order valence-electron chi connectivity index (χ3n) is 3.31. The maximum Gasteiger partial charge on any atom is 0.214 e. The topological polar surface area (TPSA) is 63.2 Å². The molecular weight excluding hydrogens is 296 g/mol. The molecule has 0 aliphatic heterocycles. The molecule has 0 saturated heterocycles. The summed E-state index contributed by atoms with van der Waals surface area (Å²) < 4.78 is 7.01. The second-order valence-corrected chi connectivity index (χ2v) is 6.93. The molecule has 2 aromatic heterocycles. The van der Waals surface area contributed by atoms with E-state index in [0.29, 0.717) is 17.1 Å². The number of benzene rings is 1. The van der Waals surface area contributed by atoms with Crippen molar-refractivity contribution in [1.82, 2.24) is 14.6 Å². The van der Waals surface area contributed by atoms with Crippen molar-refractivity contribution >= 4 is 16.3 Å². The van der Waals surface area contributed by atoms with Crippen molar-refractivity contribution in [2.75, 3.05) is 7.11 Å². The molecule has 0 aliphatic carbocycles. The smallest absolute Gasteiger partial charge is 0.214 e. The Kier molecular flexibility index (Phi) is 3.38. The van der Waals surface area contributed by atoms with E-state index < -0.39 is 0 Å². The largest absolute Gasteiger partial charge is 0.496 e. The second kappa shape index (κ2) is 5.11. The van der Waals surface area contributed by atoms with Crippen molar-refractivity contribution in [2.45, 2.75) is 26.2 Å². The molecule has 3 rings (SSSR count). The number of aromatic nitrogens is 3. The number of imidazole rings is 1. The van der Waals surface area contributed by atoms with E-state index in [2.05, 4.69) is 36.9 Å². The molecule has 2 heterocycles. The Balaban J connectivity index is 2.24. The van der Waals surface area contributed by atoms with E-state index in [4.69, 9.17) is 4.74 Å². The Morgan fingerprint density at radius 1 is 1.27 bits per heavy atom. The van der Waals surface area contributed by atoms with E-state index in [1.165, 1.54) is 11.3 Å². The zero-order chi connectivity index (χ0) is 15.9. The fourth-order valence-electron chi connectivity index (χ4n) is 2.18. The van der Waals surface area contributed by atoms with Gasteiger partial charge >= 0.3 is 0 Å². The maximum absolute atomic E-state index is 9.56. The predicted octanol–water partition coefficient (Wildman–Crippen LogP) is 3.64. The van der Waals surface area contributed by atoms with Crippen molar-refractivity contribution < 1.29 is 4.74 Å². The quantitative estimate of drug-likeness (QED) is 0.725. The van der Waals surface area contributed by atoms with Gasteiger partial charge < -0.3 is 4.74 Å². The van der Waals surface area contributed by atoms with Crippen LogP contribution in [0.5, 0.6) is 5.75 Å². The van der Waals surface area contributed by atoms with Crippen molar-refractivity contribution in [3.05, 3.63) is 35.0 Å². The lowest BCUT2D eigenvalue weighted by Crippen LogP contribution is -2.11. The Morgan fingerprint density at radius 3 is 2.64 bits per heavy atom. The van der Waals surface area contributed by atoms with Crippen LogP contribution in [-0.2, 0) is 5.41 Å². The summed E-state index contributed by atoms with van der Waals surface area (Å²) >= 11 is 1.51. The second-order valence-electron chi connectivity index (χ2n) is 5.97. The highest BCUT2D eigenvalue weighted by molar-refractivity contribution is 7.16. The van der Waals surface area contributed by atoms with Crippen LogP contribution in [0.3, 0.4) is 0 Å². The molecule has 112 valence electrons. The monoisotopic (exact) mass is 312 g/mol. The van der Waals surface area contributed by atoms with E-state index in [1.807, 2.05) is 24.3 Å². The van der Waals surface area contributed by atoms with Crippen LogP contribution >= 0.6 is 11.3 Å². The van der Waals surface area contributed by atoms with Crippen LogP contribution in [0, 0.1) is 11.3 Å². The van der Waals surface area contributed by atoms with E-state index in [9.17, 15) is 5.26 Å². The third kappa shape index (κ3) is 2.24. The Labute approximate surface area is 132 Å². The lowest BCUT2D eigenvalue weighted by Gasteiger charge is -2.12. The van der Waals surface area contributed by atoms with E-state index >= 15 is 0 Å². The first-order chi connectivity index (χ1) is 10.5. The third-order valence-corrected chi connectivity index (χ3v) is 4.65. The maximum atomic E-state index is 9.56. The zero-order valence-corrected chi connectivity index (χ0v) is 13.7.